The van der Waals surface area contributed by atoms with E-state index in [9.17, 15) is 4.39 Å². The molecule has 0 fully saturated rings. The Morgan fingerprint density at radius 2 is 1.93 bits per heavy atom. The van der Waals surface area contributed by atoms with Gasteiger partial charge in [-0.2, -0.15) is 0 Å². The van der Waals surface area contributed by atoms with Crippen LogP contribution in [-0.2, 0) is 18.9 Å². The molecule has 0 bridgehead atoms. The second-order valence-corrected chi connectivity index (χ2v) is 6.62. The third kappa shape index (κ3) is 5.10. The van der Waals surface area contributed by atoms with Crippen LogP contribution in [0.15, 0.2) is 66.3 Å². The van der Waals surface area contributed by atoms with Gasteiger partial charge in [0.25, 0.3) is 0 Å². The first kappa shape index (κ1) is 19.0. The highest BCUT2D eigenvalue weighted by Gasteiger charge is 2.13. The van der Waals surface area contributed by atoms with Crippen LogP contribution in [-0.4, -0.2) is 21.9 Å². The Balaban J connectivity index is 1.67. The van der Waals surface area contributed by atoms with Crippen molar-refractivity contribution in [1.29, 1.82) is 0 Å². The third-order valence-electron chi connectivity index (χ3n) is 3.79. The Labute approximate surface area is 161 Å². The lowest BCUT2D eigenvalue weighted by molar-refractivity contribution is 0.288. The molecule has 0 unspecified atom stereocenters. The van der Waals surface area contributed by atoms with Crippen LogP contribution in [0.4, 0.5) is 4.39 Å². The molecule has 3 rings (SSSR count). The monoisotopic (exact) mass is 385 g/mol. The number of benzene rings is 2. The molecule has 2 aromatic carbocycles. The number of aromatic nitrogens is 3. The van der Waals surface area contributed by atoms with Gasteiger partial charge in [-0.3, -0.25) is 4.57 Å². The van der Waals surface area contributed by atoms with Crippen LogP contribution in [0, 0.1) is 5.82 Å². The number of thioether (sulfide) groups is 1. The molecular formula is C20H20FN3O2S. The molecule has 0 aliphatic heterocycles. The van der Waals surface area contributed by atoms with E-state index in [0.29, 0.717) is 18.1 Å². The van der Waals surface area contributed by atoms with Crippen LogP contribution >= 0.6 is 11.8 Å². The van der Waals surface area contributed by atoms with Crippen molar-refractivity contribution in [3.8, 4) is 11.5 Å². The fraction of sp³-hybridized carbons (Fsp3) is 0.200. The summed E-state index contributed by atoms with van der Waals surface area (Å²) in [6, 6.07) is 13.9. The Morgan fingerprint density at radius 1 is 1.15 bits per heavy atom. The molecule has 1 aromatic heterocycles. The summed E-state index contributed by atoms with van der Waals surface area (Å²) in [6.45, 7) is 4.65. The highest BCUT2D eigenvalue weighted by atomic mass is 32.2. The molecule has 7 heteroatoms. The lowest BCUT2D eigenvalue weighted by atomic mass is 10.2. The number of nitrogens with zero attached hydrogens (tertiary/aromatic N) is 3. The van der Waals surface area contributed by atoms with Crippen molar-refractivity contribution in [2.24, 2.45) is 0 Å². The van der Waals surface area contributed by atoms with Gasteiger partial charge in [0, 0.05) is 12.3 Å². The normalized spacial score (nSPS) is 10.6. The van der Waals surface area contributed by atoms with E-state index in [1.807, 2.05) is 34.9 Å². The average Bonchev–Trinajstić information content (AvgIpc) is 3.07. The number of hydrogen-bond acceptors (Lipinski definition) is 5. The van der Waals surface area contributed by atoms with E-state index in [1.54, 1.807) is 19.3 Å². The summed E-state index contributed by atoms with van der Waals surface area (Å²) in [6.07, 6.45) is 1.78. The van der Waals surface area contributed by atoms with E-state index >= 15 is 0 Å². The van der Waals surface area contributed by atoms with Gasteiger partial charge in [0.05, 0.1) is 7.11 Å². The Morgan fingerprint density at radius 3 is 2.63 bits per heavy atom. The largest absolute Gasteiger partial charge is 0.497 e. The topological polar surface area (TPSA) is 49.2 Å². The summed E-state index contributed by atoms with van der Waals surface area (Å²) in [5, 5.41) is 9.22. The number of ether oxygens (including phenoxy) is 2. The van der Waals surface area contributed by atoms with E-state index in [2.05, 4.69) is 16.8 Å². The standard InChI is InChI=1S/C20H20FN3O2S/c1-3-11-24-19(13-26-18-9-7-17(25-2)8-10-18)22-23-20(24)27-14-15-5-4-6-16(21)12-15/h3-10,12H,1,11,13-14H2,2H3. The van der Waals surface area contributed by atoms with Crippen LogP contribution in [0.3, 0.4) is 0 Å². The third-order valence-corrected chi connectivity index (χ3v) is 4.83. The smallest absolute Gasteiger partial charge is 0.191 e. The number of allylic oxidation sites excluding steroid dienone is 1. The quantitative estimate of drug-likeness (QED) is 0.401. The van der Waals surface area contributed by atoms with E-state index in [-0.39, 0.29) is 12.4 Å². The Kier molecular flexibility index (Phi) is 6.49. The highest BCUT2D eigenvalue weighted by Crippen LogP contribution is 2.23. The van der Waals surface area contributed by atoms with Gasteiger partial charge < -0.3 is 9.47 Å². The van der Waals surface area contributed by atoms with E-state index in [1.165, 1.54) is 23.9 Å². The first-order valence-corrected chi connectivity index (χ1v) is 9.35. The van der Waals surface area contributed by atoms with Crippen LogP contribution in [0.1, 0.15) is 11.4 Å². The van der Waals surface area contributed by atoms with Gasteiger partial charge in [0.2, 0.25) is 0 Å². The lowest BCUT2D eigenvalue weighted by Gasteiger charge is -2.09. The first-order chi connectivity index (χ1) is 13.2. The van der Waals surface area contributed by atoms with E-state index in [0.717, 1.165) is 22.2 Å². The zero-order chi connectivity index (χ0) is 19.1. The fourth-order valence-electron chi connectivity index (χ4n) is 2.44. The molecule has 0 radical (unpaired) electrons. The maximum atomic E-state index is 13.3. The van der Waals surface area contributed by atoms with E-state index in [4.69, 9.17) is 9.47 Å². The first-order valence-electron chi connectivity index (χ1n) is 8.36. The molecular weight excluding hydrogens is 365 g/mol. The van der Waals surface area contributed by atoms with Gasteiger partial charge in [-0.1, -0.05) is 30.0 Å². The SMILES string of the molecule is C=CCn1c(COc2ccc(OC)cc2)nnc1SCc1cccc(F)c1. The summed E-state index contributed by atoms with van der Waals surface area (Å²) in [7, 11) is 1.62. The number of rotatable bonds is 9. The predicted molar refractivity (Wildman–Crippen MR) is 104 cm³/mol. The van der Waals surface area contributed by atoms with E-state index < -0.39 is 0 Å². The van der Waals surface area contributed by atoms with Crippen molar-refractivity contribution in [3.05, 3.63) is 78.4 Å². The maximum Gasteiger partial charge on any atom is 0.191 e. The number of halogens is 1. The maximum absolute atomic E-state index is 13.3. The van der Waals surface area contributed by atoms with Crippen molar-refractivity contribution in [2.75, 3.05) is 7.11 Å². The molecule has 0 aliphatic carbocycles. The summed E-state index contributed by atoms with van der Waals surface area (Å²) < 4.78 is 26.2. The molecule has 0 N–H and O–H groups in total. The number of hydrogen-bond donors (Lipinski definition) is 0. The predicted octanol–water partition coefficient (Wildman–Crippen LogP) is 4.48. The number of methoxy groups -OCH3 is 1. The van der Waals surface area contributed by atoms with Crippen molar-refractivity contribution < 1.29 is 13.9 Å². The minimum absolute atomic E-state index is 0.241. The van der Waals surface area contributed by atoms with Crippen molar-refractivity contribution in [2.45, 2.75) is 24.1 Å². The van der Waals surface area contributed by atoms with Gasteiger partial charge in [0.15, 0.2) is 11.0 Å². The van der Waals surface area contributed by atoms with Crippen molar-refractivity contribution in [1.82, 2.24) is 14.8 Å². The lowest BCUT2D eigenvalue weighted by Crippen LogP contribution is -2.07. The second-order valence-electron chi connectivity index (χ2n) is 5.68. The zero-order valence-electron chi connectivity index (χ0n) is 15.0. The molecule has 0 aliphatic rings. The molecule has 3 aromatic rings. The molecule has 140 valence electrons. The molecule has 0 saturated heterocycles. The van der Waals surface area contributed by atoms with Crippen LogP contribution in [0.25, 0.3) is 0 Å². The average molecular weight is 385 g/mol. The summed E-state index contributed by atoms with van der Waals surface area (Å²) >= 11 is 1.50. The molecule has 1 heterocycles. The summed E-state index contributed by atoms with van der Waals surface area (Å²) in [4.78, 5) is 0. The van der Waals surface area contributed by atoms with Crippen LogP contribution in [0.5, 0.6) is 11.5 Å². The molecule has 27 heavy (non-hydrogen) atoms. The summed E-state index contributed by atoms with van der Waals surface area (Å²) in [5.74, 6) is 2.56. The van der Waals surface area contributed by atoms with Crippen LogP contribution < -0.4 is 9.47 Å². The molecule has 0 atom stereocenters. The molecule has 5 nitrogen and oxygen atoms in total. The van der Waals surface area contributed by atoms with Gasteiger partial charge in [-0.05, 0) is 42.0 Å². The molecule has 0 amide bonds. The van der Waals surface area contributed by atoms with Gasteiger partial charge in [-0.15, -0.1) is 16.8 Å². The van der Waals surface area contributed by atoms with Crippen molar-refractivity contribution >= 4 is 11.8 Å². The Hall–Kier alpha value is -2.80. The second kappa shape index (κ2) is 9.23. The van der Waals surface area contributed by atoms with Crippen LogP contribution in [0.2, 0.25) is 0 Å². The minimum atomic E-state index is -0.241. The van der Waals surface area contributed by atoms with Gasteiger partial charge >= 0.3 is 0 Å². The summed E-state index contributed by atoms with van der Waals surface area (Å²) in [5.41, 5.74) is 0.893. The van der Waals surface area contributed by atoms with Gasteiger partial charge in [-0.25, -0.2) is 4.39 Å². The highest BCUT2D eigenvalue weighted by molar-refractivity contribution is 7.98. The molecule has 0 spiro atoms. The Bertz CT molecular complexity index is 896. The van der Waals surface area contributed by atoms with Crippen molar-refractivity contribution in [3.63, 3.8) is 0 Å². The molecule has 0 saturated carbocycles. The fourth-order valence-corrected chi connectivity index (χ4v) is 3.35. The van der Waals surface area contributed by atoms with Gasteiger partial charge in [0.1, 0.15) is 23.9 Å². The zero-order valence-corrected chi connectivity index (χ0v) is 15.8. The minimum Gasteiger partial charge on any atom is -0.497 e.